The highest BCUT2D eigenvalue weighted by Crippen LogP contribution is 2.40. The molecular weight excluding hydrogens is 461 g/mol. The van der Waals surface area contributed by atoms with E-state index in [0.29, 0.717) is 24.8 Å². The molecule has 5 rings (SSSR count). The van der Waals surface area contributed by atoms with Gasteiger partial charge in [0.25, 0.3) is 0 Å². The van der Waals surface area contributed by atoms with Crippen LogP contribution in [0.25, 0.3) is 11.4 Å². The van der Waals surface area contributed by atoms with Gasteiger partial charge in [-0.25, -0.2) is 13.1 Å². The van der Waals surface area contributed by atoms with E-state index in [4.69, 9.17) is 4.52 Å². The smallest absolute Gasteiger partial charge is 0.339 e. The maximum Gasteiger partial charge on any atom is 0.416 e. The number of hydrogen-bond acceptors (Lipinski definition) is 7. The second-order valence-corrected chi connectivity index (χ2v) is 10.2. The minimum Gasteiger partial charge on any atom is -0.339 e. The van der Waals surface area contributed by atoms with Crippen molar-refractivity contribution in [2.24, 2.45) is 0 Å². The Balaban J connectivity index is 1.43. The summed E-state index contributed by atoms with van der Waals surface area (Å²) in [5, 5.41) is 11.3. The van der Waals surface area contributed by atoms with Gasteiger partial charge < -0.3 is 9.09 Å². The van der Waals surface area contributed by atoms with Gasteiger partial charge in [-0.15, -0.1) is 10.2 Å². The summed E-state index contributed by atoms with van der Waals surface area (Å²) in [5.74, 6) is 0.406. The molecule has 0 amide bonds. The lowest BCUT2D eigenvalue weighted by atomic mass is 9.91. The second kappa shape index (κ2) is 8.20. The van der Waals surface area contributed by atoms with Gasteiger partial charge in [0.15, 0.2) is 0 Å². The summed E-state index contributed by atoms with van der Waals surface area (Å²) in [4.78, 5) is 3.68. The number of benzene rings is 1. The molecule has 2 aromatic heterocycles. The van der Waals surface area contributed by atoms with Crippen LogP contribution in [0.1, 0.15) is 61.9 Å². The number of rotatable bonds is 6. The van der Waals surface area contributed by atoms with E-state index in [2.05, 4.69) is 25.1 Å². The van der Waals surface area contributed by atoms with Crippen molar-refractivity contribution in [3.63, 3.8) is 0 Å². The Morgan fingerprint density at radius 2 is 1.82 bits per heavy atom. The van der Waals surface area contributed by atoms with Crippen LogP contribution in [-0.4, -0.2) is 39.4 Å². The zero-order valence-corrected chi connectivity index (χ0v) is 18.2. The van der Waals surface area contributed by atoms with Gasteiger partial charge in [0.1, 0.15) is 12.7 Å². The highest BCUT2D eigenvalue weighted by atomic mass is 32.2. The quantitative estimate of drug-likeness (QED) is 0.570. The number of sulfonamides is 1. The normalized spacial score (nSPS) is 21.9. The maximum absolute atomic E-state index is 13.6. The Kier molecular flexibility index (Phi) is 5.47. The fourth-order valence-electron chi connectivity index (χ4n) is 4.12. The largest absolute Gasteiger partial charge is 0.416 e. The molecule has 0 aliphatic heterocycles. The molecule has 2 fully saturated rings. The third-order valence-electron chi connectivity index (χ3n) is 6.00. The number of alkyl halides is 3. The van der Waals surface area contributed by atoms with Gasteiger partial charge >= 0.3 is 6.18 Å². The molecule has 2 atom stereocenters. The molecule has 13 heteroatoms. The van der Waals surface area contributed by atoms with E-state index in [-0.39, 0.29) is 23.3 Å². The van der Waals surface area contributed by atoms with E-state index in [1.807, 2.05) is 4.57 Å². The zero-order chi connectivity index (χ0) is 23.2. The number of nitrogens with one attached hydrogen (secondary N) is 1. The molecule has 176 valence electrons. The lowest BCUT2D eigenvalue weighted by Crippen LogP contribution is -2.38. The van der Waals surface area contributed by atoms with Crippen LogP contribution in [0.3, 0.4) is 0 Å². The first-order chi connectivity index (χ1) is 15.7. The van der Waals surface area contributed by atoms with Crippen molar-refractivity contribution in [2.75, 3.05) is 0 Å². The van der Waals surface area contributed by atoms with Crippen LogP contribution in [0.5, 0.6) is 0 Å². The standard InChI is InChI=1S/C20H21F3N6O3S/c21-20(22,23)14-6-13(18-26-19(32-27-18)12-4-5-12)7-17(8-14)33(30,31)28-15-2-1-3-16(9-15)29-10-24-25-11-29/h6-8,10-12,15-16,28H,1-5,9H2. The Morgan fingerprint density at radius 3 is 2.52 bits per heavy atom. The molecule has 2 heterocycles. The summed E-state index contributed by atoms with van der Waals surface area (Å²) in [7, 11) is -4.24. The summed E-state index contributed by atoms with van der Waals surface area (Å²) in [6, 6.07) is 2.20. The average Bonchev–Trinajstić information content (AvgIpc) is 3.26. The van der Waals surface area contributed by atoms with Gasteiger partial charge in [-0.3, -0.25) is 0 Å². The molecule has 0 saturated heterocycles. The van der Waals surface area contributed by atoms with Gasteiger partial charge in [-0.2, -0.15) is 18.2 Å². The molecule has 2 saturated carbocycles. The van der Waals surface area contributed by atoms with Crippen LogP contribution < -0.4 is 4.72 Å². The van der Waals surface area contributed by atoms with Crippen LogP contribution in [0, 0.1) is 0 Å². The predicted octanol–water partition coefficient (Wildman–Crippen LogP) is 3.69. The summed E-state index contributed by atoms with van der Waals surface area (Å²) in [6.07, 6.45) is 2.83. The summed E-state index contributed by atoms with van der Waals surface area (Å²) >= 11 is 0. The SMILES string of the molecule is O=S(=O)(NC1CCCC(n2cnnc2)C1)c1cc(-c2noc(C3CC3)n2)cc(C(F)(F)F)c1. The number of halogens is 3. The van der Waals surface area contributed by atoms with E-state index in [1.54, 1.807) is 12.7 Å². The second-order valence-electron chi connectivity index (χ2n) is 8.52. The van der Waals surface area contributed by atoms with Crippen molar-refractivity contribution in [1.29, 1.82) is 0 Å². The van der Waals surface area contributed by atoms with E-state index < -0.39 is 32.7 Å². The molecule has 3 aromatic rings. The lowest BCUT2D eigenvalue weighted by Gasteiger charge is -2.30. The van der Waals surface area contributed by atoms with Crippen molar-refractivity contribution in [3.8, 4) is 11.4 Å². The minimum absolute atomic E-state index is 0.0127. The molecule has 0 radical (unpaired) electrons. The van der Waals surface area contributed by atoms with Crippen molar-refractivity contribution < 1.29 is 26.1 Å². The molecular formula is C20H21F3N6O3S. The van der Waals surface area contributed by atoms with E-state index in [1.165, 1.54) is 0 Å². The van der Waals surface area contributed by atoms with Crippen LogP contribution in [-0.2, 0) is 16.2 Å². The zero-order valence-electron chi connectivity index (χ0n) is 17.4. The molecule has 9 nitrogen and oxygen atoms in total. The first kappa shape index (κ1) is 22.0. The lowest BCUT2D eigenvalue weighted by molar-refractivity contribution is -0.137. The van der Waals surface area contributed by atoms with Crippen molar-refractivity contribution in [3.05, 3.63) is 42.3 Å². The average molecular weight is 482 g/mol. The Morgan fingerprint density at radius 1 is 1.06 bits per heavy atom. The van der Waals surface area contributed by atoms with Crippen molar-refractivity contribution in [2.45, 2.75) is 67.6 Å². The van der Waals surface area contributed by atoms with Crippen molar-refractivity contribution in [1.82, 2.24) is 29.6 Å². The molecule has 0 bridgehead atoms. The van der Waals surface area contributed by atoms with E-state index in [0.717, 1.165) is 37.8 Å². The van der Waals surface area contributed by atoms with Gasteiger partial charge in [0.2, 0.25) is 21.7 Å². The summed E-state index contributed by atoms with van der Waals surface area (Å²) < 4.78 is 76.5. The molecule has 1 aromatic carbocycles. The topological polar surface area (TPSA) is 116 Å². The number of nitrogens with zero attached hydrogens (tertiary/aromatic N) is 5. The summed E-state index contributed by atoms with van der Waals surface area (Å²) in [5.41, 5.74) is -1.16. The van der Waals surface area contributed by atoms with Gasteiger partial charge in [-0.1, -0.05) is 5.16 Å². The first-order valence-electron chi connectivity index (χ1n) is 10.6. The summed E-state index contributed by atoms with van der Waals surface area (Å²) in [6.45, 7) is 0. The molecule has 2 aliphatic carbocycles. The molecule has 0 spiro atoms. The molecule has 1 N–H and O–H groups in total. The fourth-order valence-corrected chi connectivity index (χ4v) is 5.48. The van der Waals surface area contributed by atoms with Crippen LogP contribution in [0.2, 0.25) is 0 Å². The van der Waals surface area contributed by atoms with Crippen LogP contribution in [0.4, 0.5) is 13.2 Å². The third kappa shape index (κ3) is 4.78. The number of aromatic nitrogens is 5. The van der Waals surface area contributed by atoms with Gasteiger partial charge in [0, 0.05) is 23.6 Å². The highest BCUT2D eigenvalue weighted by molar-refractivity contribution is 7.89. The highest BCUT2D eigenvalue weighted by Gasteiger charge is 2.35. The minimum atomic E-state index is -4.74. The molecule has 33 heavy (non-hydrogen) atoms. The molecule has 2 unspecified atom stereocenters. The van der Waals surface area contributed by atoms with Crippen molar-refractivity contribution >= 4 is 10.0 Å². The maximum atomic E-state index is 13.6. The Bertz CT molecular complexity index is 1240. The predicted molar refractivity (Wildman–Crippen MR) is 108 cm³/mol. The van der Waals surface area contributed by atoms with Crippen LogP contribution in [0.15, 0.2) is 40.3 Å². The third-order valence-corrected chi connectivity index (χ3v) is 7.50. The Labute approximate surface area is 187 Å². The van der Waals surface area contributed by atoms with E-state index in [9.17, 15) is 21.6 Å². The van der Waals surface area contributed by atoms with Crippen LogP contribution >= 0.6 is 0 Å². The molecule has 2 aliphatic rings. The Hall–Kier alpha value is -2.80. The monoisotopic (exact) mass is 482 g/mol. The van der Waals surface area contributed by atoms with Gasteiger partial charge in [0.05, 0.1) is 10.5 Å². The fraction of sp³-hybridized carbons (Fsp3) is 0.500. The first-order valence-corrected chi connectivity index (χ1v) is 12.1. The van der Waals surface area contributed by atoms with E-state index >= 15 is 0 Å². The number of hydrogen-bond donors (Lipinski definition) is 1. The van der Waals surface area contributed by atoms with Gasteiger partial charge in [-0.05, 0) is 56.7 Å².